The Morgan fingerprint density at radius 3 is 2.66 bits per heavy atom. The second-order valence-corrected chi connectivity index (χ2v) is 9.11. The smallest absolute Gasteiger partial charge is 0.307 e. The van der Waals surface area contributed by atoms with Crippen molar-refractivity contribution in [2.75, 3.05) is 19.6 Å². The van der Waals surface area contributed by atoms with E-state index in [-0.39, 0.29) is 16.2 Å². The van der Waals surface area contributed by atoms with Crippen LogP contribution in [0.1, 0.15) is 12.0 Å². The minimum atomic E-state index is -3.76. The maximum atomic E-state index is 12.7. The summed E-state index contributed by atoms with van der Waals surface area (Å²) in [4.78, 5) is 30.2. The number of aromatic nitrogens is 2. The molecule has 1 aliphatic rings. The van der Waals surface area contributed by atoms with Crippen LogP contribution in [0.25, 0.3) is 10.9 Å². The fourth-order valence-corrected chi connectivity index (χ4v) is 4.83. The van der Waals surface area contributed by atoms with Gasteiger partial charge < -0.3 is 4.98 Å². The third-order valence-corrected chi connectivity index (χ3v) is 6.62. The molecular formula is C20H22N4O4S. The minimum absolute atomic E-state index is 0.00156. The van der Waals surface area contributed by atoms with Gasteiger partial charge in [0.25, 0.3) is 5.56 Å². The molecule has 4 rings (SSSR count). The van der Waals surface area contributed by atoms with E-state index in [1.807, 2.05) is 18.2 Å². The van der Waals surface area contributed by atoms with Crippen molar-refractivity contribution in [1.29, 1.82) is 0 Å². The van der Waals surface area contributed by atoms with Gasteiger partial charge in [-0.25, -0.2) is 17.9 Å². The Kier molecular flexibility index (Phi) is 5.35. The van der Waals surface area contributed by atoms with E-state index in [1.165, 1.54) is 23.8 Å². The molecule has 29 heavy (non-hydrogen) atoms. The standard InChI is InChI=1S/C20H22N4O4S/c25-19-17-10-16(6-7-18(17)22-20(26)23-19)29(27,28)21-11-15-8-9-24(13-15)12-14-4-2-1-3-5-14/h1-7,10,15,21H,8-9,11-13H2,(H2,22,23,25,26). The van der Waals surface area contributed by atoms with Crippen LogP contribution in [0.5, 0.6) is 0 Å². The average molecular weight is 414 g/mol. The van der Waals surface area contributed by atoms with E-state index in [2.05, 4.69) is 31.7 Å². The molecule has 3 N–H and O–H groups in total. The SMILES string of the molecule is O=c1[nH]c(=O)c2cc(S(=O)(=O)NCC3CCN(Cc4ccccc4)C3)ccc2[nH]1. The number of likely N-dealkylation sites (tertiary alicyclic amines) is 1. The predicted molar refractivity (Wildman–Crippen MR) is 110 cm³/mol. The van der Waals surface area contributed by atoms with Crippen molar-refractivity contribution in [3.05, 3.63) is 74.9 Å². The summed E-state index contributed by atoms with van der Waals surface area (Å²) in [6.45, 7) is 2.96. The fourth-order valence-electron chi connectivity index (χ4n) is 3.69. The fraction of sp³-hybridized carbons (Fsp3) is 0.300. The van der Waals surface area contributed by atoms with Crippen molar-refractivity contribution in [3.8, 4) is 0 Å². The van der Waals surface area contributed by atoms with Gasteiger partial charge in [-0.2, -0.15) is 0 Å². The molecule has 0 bridgehead atoms. The highest BCUT2D eigenvalue weighted by molar-refractivity contribution is 7.89. The maximum absolute atomic E-state index is 12.7. The Hall–Kier alpha value is -2.75. The number of sulfonamides is 1. The zero-order chi connectivity index (χ0) is 20.4. The summed E-state index contributed by atoms with van der Waals surface area (Å²) in [6, 6.07) is 14.3. The largest absolute Gasteiger partial charge is 0.326 e. The number of H-pyrrole nitrogens is 2. The third kappa shape index (κ3) is 4.47. The summed E-state index contributed by atoms with van der Waals surface area (Å²) >= 11 is 0. The van der Waals surface area contributed by atoms with E-state index in [4.69, 9.17) is 0 Å². The number of fused-ring (bicyclic) bond motifs is 1. The molecule has 0 radical (unpaired) electrons. The van der Waals surface area contributed by atoms with Gasteiger partial charge >= 0.3 is 5.69 Å². The summed E-state index contributed by atoms with van der Waals surface area (Å²) in [6.07, 6.45) is 0.925. The van der Waals surface area contributed by atoms with Gasteiger partial charge in [0.15, 0.2) is 0 Å². The van der Waals surface area contributed by atoms with Crippen molar-refractivity contribution >= 4 is 20.9 Å². The summed E-state index contributed by atoms with van der Waals surface area (Å²) in [5.41, 5.74) is 0.295. The highest BCUT2D eigenvalue weighted by Crippen LogP contribution is 2.19. The van der Waals surface area contributed by atoms with Crippen LogP contribution in [0, 0.1) is 5.92 Å². The summed E-state index contributed by atoms with van der Waals surface area (Å²) in [5.74, 6) is 0.230. The topological polar surface area (TPSA) is 115 Å². The number of rotatable bonds is 6. The molecule has 1 atom stereocenters. The molecule has 2 aromatic carbocycles. The van der Waals surface area contributed by atoms with Gasteiger partial charge in [0.05, 0.1) is 15.8 Å². The first kappa shape index (κ1) is 19.6. The molecule has 1 saturated heterocycles. The van der Waals surface area contributed by atoms with Crippen LogP contribution in [0.15, 0.2) is 63.0 Å². The van der Waals surface area contributed by atoms with Gasteiger partial charge in [-0.1, -0.05) is 30.3 Å². The first-order valence-electron chi connectivity index (χ1n) is 9.43. The van der Waals surface area contributed by atoms with E-state index in [1.54, 1.807) is 0 Å². The van der Waals surface area contributed by atoms with Crippen LogP contribution in [-0.4, -0.2) is 42.9 Å². The van der Waals surface area contributed by atoms with E-state index < -0.39 is 21.3 Å². The van der Waals surface area contributed by atoms with Crippen molar-refractivity contribution in [2.45, 2.75) is 17.9 Å². The normalized spacial score (nSPS) is 17.7. The number of benzene rings is 2. The lowest BCUT2D eigenvalue weighted by atomic mass is 10.1. The van der Waals surface area contributed by atoms with E-state index in [0.29, 0.717) is 12.1 Å². The molecule has 9 heteroatoms. The second-order valence-electron chi connectivity index (χ2n) is 7.34. The van der Waals surface area contributed by atoms with Crippen LogP contribution < -0.4 is 16.0 Å². The number of nitrogens with one attached hydrogen (secondary N) is 3. The highest BCUT2D eigenvalue weighted by atomic mass is 32.2. The minimum Gasteiger partial charge on any atom is -0.307 e. The molecule has 3 aromatic rings. The maximum Gasteiger partial charge on any atom is 0.326 e. The molecule has 152 valence electrons. The molecule has 1 fully saturated rings. The molecular weight excluding hydrogens is 392 g/mol. The van der Waals surface area contributed by atoms with Crippen LogP contribution in [0.2, 0.25) is 0 Å². The average Bonchev–Trinajstić information content (AvgIpc) is 3.14. The monoisotopic (exact) mass is 414 g/mol. The summed E-state index contributed by atoms with van der Waals surface area (Å²) in [5, 5.41) is 0.127. The third-order valence-electron chi connectivity index (χ3n) is 5.20. The van der Waals surface area contributed by atoms with Gasteiger partial charge in [0, 0.05) is 19.6 Å². The summed E-state index contributed by atoms with van der Waals surface area (Å²) in [7, 11) is -3.76. The van der Waals surface area contributed by atoms with Gasteiger partial charge in [0.1, 0.15) is 0 Å². The molecule has 1 aromatic heterocycles. The Labute approximate surface area is 167 Å². The highest BCUT2D eigenvalue weighted by Gasteiger charge is 2.24. The van der Waals surface area contributed by atoms with Crippen LogP contribution in [0.4, 0.5) is 0 Å². The Bertz CT molecular complexity index is 1230. The molecule has 0 spiro atoms. The van der Waals surface area contributed by atoms with Crippen molar-refractivity contribution in [3.63, 3.8) is 0 Å². The number of hydrogen-bond acceptors (Lipinski definition) is 5. The summed E-state index contributed by atoms with van der Waals surface area (Å²) < 4.78 is 28.0. The van der Waals surface area contributed by atoms with Gasteiger partial charge in [-0.15, -0.1) is 0 Å². The molecule has 2 heterocycles. The predicted octanol–water partition coefficient (Wildman–Crippen LogP) is 1.02. The zero-order valence-electron chi connectivity index (χ0n) is 15.7. The first-order chi connectivity index (χ1) is 13.9. The first-order valence-corrected chi connectivity index (χ1v) is 10.9. The van der Waals surface area contributed by atoms with Crippen molar-refractivity contribution < 1.29 is 8.42 Å². The van der Waals surface area contributed by atoms with Crippen LogP contribution in [0.3, 0.4) is 0 Å². The van der Waals surface area contributed by atoms with E-state index in [9.17, 15) is 18.0 Å². The lowest BCUT2D eigenvalue weighted by Crippen LogP contribution is -2.31. The molecule has 1 aliphatic heterocycles. The number of hydrogen-bond donors (Lipinski definition) is 3. The molecule has 0 saturated carbocycles. The lowest BCUT2D eigenvalue weighted by Gasteiger charge is -2.16. The van der Waals surface area contributed by atoms with Gasteiger partial charge in [-0.3, -0.25) is 14.7 Å². The van der Waals surface area contributed by atoms with Gasteiger partial charge in [0.2, 0.25) is 10.0 Å². The Morgan fingerprint density at radius 2 is 1.86 bits per heavy atom. The molecule has 0 amide bonds. The molecule has 0 aliphatic carbocycles. The van der Waals surface area contributed by atoms with E-state index in [0.717, 1.165) is 26.1 Å². The molecule has 8 nitrogen and oxygen atoms in total. The van der Waals surface area contributed by atoms with Crippen molar-refractivity contribution in [1.82, 2.24) is 19.6 Å². The lowest BCUT2D eigenvalue weighted by molar-refractivity contribution is 0.316. The van der Waals surface area contributed by atoms with Gasteiger partial charge in [-0.05, 0) is 42.6 Å². The van der Waals surface area contributed by atoms with Crippen molar-refractivity contribution in [2.24, 2.45) is 5.92 Å². The van der Waals surface area contributed by atoms with Crippen LogP contribution in [-0.2, 0) is 16.6 Å². The molecule has 1 unspecified atom stereocenters. The Morgan fingerprint density at radius 1 is 1.07 bits per heavy atom. The number of nitrogens with zero attached hydrogens (tertiary/aromatic N) is 1. The Balaban J connectivity index is 1.41. The number of aromatic amines is 2. The van der Waals surface area contributed by atoms with E-state index >= 15 is 0 Å². The quantitative estimate of drug-likeness (QED) is 0.557. The van der Waals surface area contributed by atoms with Crippen LogP contribution >= 0.6 is 0 Å². The zero-order valence-corrected chi connectivity index (χ0v) is 16.5. The second kappa shape index (κ2) is 7.94.